The van der Waals surface area contributed by atoms with Crippen LogP contribution in [0, 0.1) is 11.6 Å². The highest BCUT2D eigenvalue weighted by Crippen LogP contribution is 2.39. The molecule has 1 heterocycles. The lowest BCUT2D eigenvalue weighted by Gasteiger charge is -2.26. The van der Waals surface area contributed by atoms with Crippen molar-refractivity contribution in [3.05, 3.63) is 89.5 Å². The third-order valence-corrected chi connectivity index (χ3v) is 4.15. The molecule has 3 rings (SSSR count). The van der Waals surface area contributed by atoms with Gasteiger partial charge in [0.25, 0.3) is 0 Å². The molecule has 25 heavy (non-hydrogen) atoms. The van der Waals surface area contributed by atoms with Crippen LogP contribution in [0.15, 0.2) is 61.7 Å². The Morgan fingerprint density at radius 1 is 1.16 bits per heavy atom. The van der Waals surface area contributed by atoms with Crippen LogP contribution in [0.2, 0.25) is 5.02 Å². The average molecular weight is 362 g/mol. The van der Waals surface area contributed by atoms with Crippen LogP contribution in [0.4, 0.5) is 8.78 Å². The van der Waals surface area contributed by atoms with Crippen LogP contribution in [0.1, 0.15) is 23.3 Å². The second-order valence-corrected chi connectivity index (χ2v) is 5.90. The summed E-state index contributed by atoms with van der Waals surface area (Å²) >= 11 is 5.90. The molecular weight excluding hydrogens is 348 g/mol. The van der Waals surface area contributed by atoms with Crippen LogP contribution in [0.3, 0.4) is 0 Å². The SMILES string of the molecule is C=C(c1ccc(Cl)cc1)C(c1ccc(F)cc1F)C(O)n1cncn1. The van der Waals surface area contributed by atoms with Gasteiger partial charge in [-0.2, -0.15) is 5.10 Å². The maximum Gasteiger partial charge on any atom is 0.159 e. The van der Waals surface area contributed by atoms with E-state index in [1.165, 1.54) is 23.4 Å². The van der Waals surface area contributed by atoms with Gasteiger partial charge in [0.15, 0.2) is 6.23 Å². The van der Waals surface area contributed by atoms with E-state index in [1.807, 2.05) is 0 Å². The second kappa shape index (κ2) is 7.13. The lowest BCUT2D eigenvalue weighted by Crippen LogP contribution is -2.20. The van der Waals surface area contributed by atoms with E-state index >= 15 is 0 Å². The van der Waals surface area contributed by atoms with Gasteiger partial charge >= 0.3 is 0 Å². The van der Waals surface area contributed by atoms with E-state index < -0.39 is 23.8 Å². The Morgan fingerprint density at radius 3 is 2.48 bits per heavy atom. The van der Waals surface area contributed by atoms with Crippen LogP contribution in [0.25, 0.3) is 5.57 Å². The molecule has 2 atom stereocenters. The van der Waals surface area contributed by atoms with E-state index in [4.69, 9.17) is 11.6 Å². The van der Waals surface area contributed by atoms with Crippen molar-refractivity contribution in [2.75, 3.05) is 0 Å². The van der Waals surface area contributed by atoms with Crippen LogP contribution in [-0.2, 0) is 0 Å². The number of nitrogens with zero attached hydrogens (tertiary/aromatic N) is 3. The number of hydrogen-bond acceptors (Lipinski definition) is 3. The maximum atomic E-state index is 14.4. The van der Waals surface area contributed by atoms with E-state index in [1.54, 1.807) is 24.3 Å². The fourth-order valence-electron chi connectivity index (χ4n) is 2.63. The predicted octanol–water partition coefficient (Wildman–Crippen LogP) is 4.20. The molecule has 0 saturated carbocycles. The zero-order valence-corrected chi connectivity index (χ0v) is 13.7. The smallest absolute Gasteiger partial charge is 0.159 e. The van der Waals surface area contributed by atoms with Crippen molar-refractivity contribution in [3.63, 3.8) is 0 Å². The minimum absolute atomic E-state index is 0.101. The van der Waals surface area contributed by atoms with Gasteiger partial charge < -0.3 is 5.11 Å². The lowest BCUT2D eigenvalue weighted by molar-refractivity contribution is 0.0774. The first-order chi connectivity index (χ1) is 12.0. The van der Waals surface area contributed by atoms with Gasteiger partial charge in [0.2, 0.25) is 0 Å². The van der Waals surface area contributed by atoms with Crippen molar-refractivity contribution in [1.29, 1.82) is 0 Å². The molecule has 3 aromatic rings. The number of halogens is 3. The number of benzene rings is 2. The largest absolute Gasteiger partial charge is 0.371 e. The summed E-state index contributed by atoms with van der Waals surface area (Å²) < 4.78 is 28.9. The molecule has 1 aromatic heterocycles. The van der Waals surface area contributed by atoms with Gasteiger partial charge in [-0.05, 0) is 29.3 Å². The molecule has 0 amide bonds. The molecule has 0 aliphatic rings. The Morgan fingerprint density at radius 2 is 1.88 bits per heavy atom. The highest BCUT2D eigenvalue weighted by molar-refractivity contribution is 6.30. The van der Waals surface area contributed by atoms with E-state index in [0.717, 1.165) is 12.1 Å². The summed E-state index contributed by atoms with van der Waals surface area (Å²) in [5.74, 6) is -2.38. The topological polar surface area (TPSA) is 50.9 Å². The van der Waals surface area contributed by atoms with Gasteiger partial charge in [0.1, 0.15) is 24.3 Å². The van der Waals surface area contributed by atoms with Crippen molar-refractivity contribution in [2.45, 2.75) is 12.1 Å². The monoisotopic (exact) mass is 361 g/mol. The lowest BCUT2D eigenvalue weighted by atomic mass is 9.86. The molecule has 7 heteroatoms. The van der Waals surface area contributed by atoms with Gasteiger partial charge in [-0.3, -0.25) is 0 Å². The fourth-order valence-corrected chi connectivity index (χ4v) is 2.76. The summed E-state index contributed by atoms with van der Waals surface area (Å²) in [6.07, 6.45) is 1.30. The van der Waals surface area contributed by atoms with Crippen LogP contribution < -0.4 is 0 Å². The summed E-state index contributed by atoms with van der Waals surface area (Å²) in [6.45, 7) is 4.00. The molecule has 2 unspecified atom stereocenters. The van der Waals surface area contributed by atoms with E-state index in [9.17, 15) is 13.9 Å². The number of rotatable bonds is 5. The van der Waals surface area contributed by atoms with Crippen LogP contribution >= 0.6 is 11.6 Å². The third kappa shape index (κ3) is 3.60. The molecule has 0 saturated heterocycles. The zero-order valence-electron chi connectivity index (χ0n) is 13.0. The first-order valence-electron chi connectivity index (χ1n) is 7.39. The standard InChI is InChI=1S/C18H14ClF2N3O/c1-11(12-2-4-13(19)5-3-12)17(18(25)24-10-22-9-23-24)15-7-6-14(20)8-16(15)21/h2-10,17-18,25H,1H2. The van der Waals surface area contributed by atoms with Crippen molar-refractivity contribution in [2.24, 2.45) is 0 Å². The average Bonchev–Trinajstić information content (AvgIpc) is 3.12. The highest BCUT2D eigenvalue weighted by atomic mass is 35.5. The maximum absolute atomic E-state index is 14.4. The first-order valence-corrected chi connectivity index (χ1v) is 7.77. The summed E-state index contributed by atoms with van der Waals surface area (Å²) in [7, 11) is 0. The molecule has 0 fully saturated rings. The number of aliphatic hydroxyl groups excluding tert-OH is 1. The molecule has 0 aliphatic carbocycles. The number of hydrogen-bond donors (Lipinski definition) is 1. The van der Waals surface area contributed by atoms with E-state index in [-0.39, 0.29) is 5.56 Å². The molecule has 128 valence electrons. The predicted molar refractivity (Wildman–Crippen MR) is 90.9 cm³/mol. The highest BCUT2D eigenvalue weighted by Gasteiger charge is 2.29. The Balaban J connectivity index is 2.08. The van der Waals surface area contributed by atoms with Crippen LogP contribution in [-0.4, -0.2) is 19.9 Å². The van der Waals surface area contributed by atoms with Crippen molar-refractivity contribution < 1.29 is 13.9 Å². The van der Waals surface area contributed by atoms with Gasteiger partial charge in [-0.15, -0.1) is 0 Å². The summed E-state index contributed by atoms with van der Waals surface area (Å²) in [5, 5.41) is 15.2. The quantitative estimate of drug-likeness (QED) is 0.741. The Hall–Kier alpha value is -2.57. The minimum atomic E-state index is -1.27. The summed E-state index contributed by atoms with van der Waals surface area (Å²) in [6, 6.07) is 9.96. The van der Waals surface area contributed by atoms with E-state index in [2.05, 4.69) is 16.7 Å². The third-order valence-electron chi connectivity index (χ3n) is 3.89. The zero-order chi connectivity index (χ0) is 18.0. The van der Waals surface area contributed by atoms with E-state index in [0.29, 0.717) is 16.2 Å². The summed E-state index contributed by atoms with van der Waals surface area (Å²) in [4.78, 5) is 3.79. The van der Waals surface area contributed by atoms with Crippen molar-refractivity contribution >= 4 is 17.2 Å². The molecule has 0 spiro atoms. The molecule has 2 aromatic carbocycles. The molecule has 0 bridgehead atoms. The Kier molecular flexibility index (Phi) is 4.92. The van der Waals surface area contributed by atoms with Gasteiger partial charge in [0, 0.05) is 16.7 Å². The number of aliphatic hydroxyl groups is 1. The molecule has 1 N–H and O–H groups in total. The molecule has 0 radical (unpaired) electrons. The van der Waals surface area contributed by atoms with Crippen LogP contribution in [0.5, 0.6) is 0 Å². The second-order valence-electron chi connectivity index (χ2n) is 5.46. The molecule has 0 aliphatic heterocycles. The van der Waals surface area contributed by atoms with Gasteiger partial charge in [-0.25, -0.2) is 18.4 Å². The summed E-state index contributed by atoms with van der Waals surface area (Å²) in [5.41, 5.74) is 1.20. The Labute approximate surface area is 148 Å². The fraction of sp³-hybridized carbons (Fsp3) is 0.111. The Bertz CT molecular complexity index is 882. The van der Waals surface area contributed by atoms with Gasteiger partial charge in [0.05, 0.1) is 5.92 Å². The van der Waals surface area contributed by atoms with Crippen molar-refractivity contribution in [1.82, 2.24) is 14.8 Å². The molecule has 4 nitrogen and oxygen atoms in total. The molecular formula is C18H14ClF2N3O. The van der Waals surface area contributed by atoms with Gasteiger partial charge in [-0.1, -0.05) is 36.4 Å². The first kappa shape index (κ1) is 17.3. The van der Waals surface area contributed by atoms with Crippen molar-refractivity contribution in [3.8, 4) is 0 Å². The number of aromatic nitrogens is 3. The minimum Gasteiger partial charge on any atom is -0.371 e. The normalized spacial score (nSPS) is 13.4.